The van der Waals surface area contributed by atoms with Crippen LogP contribution in [0.25, 0.3) is 0 Å². The molecule has 14 heteroatoms. The van der Waals surface area contributed by atoms with Crippen LogP contribution in [0.4, 0.5) is 37.7 Å². The molecule has 200 valence electrons. The molecule has 3 aromatic carbocycles. The fourth-order valence-corrected chi connectivity index (χ4v) is 4.27. The van der Waals surface area contributed by atoms with Crippen LogP contribution in [0.5, 0.6) is 5.75 Å². The summed E-state index contributed by atoms with van der Waals surface area (Å²) >= 11 is 0. The lowest BCUT2D eigenvalue weighted by molar-refractivity contribution is -0.138. The first-order valence-electron chi connectivity index (χ1n) is 10.0. The van der Waals surface area contributed by atoms with Gasteiger partial charge in [0.25, 0.3) is 10.0 Å². The minimum Gasteiger partial charge on any atom is -0.497 e. The van der Waals surface area contributed by atoms with Crippen molar-refractivity contribution >= 4 is 27.4 Å². The van der Waals surface area contributed by atoms with Crippen LogP contribution >= 0.6 is 0 Å². The summed E-state index contributed by atoms with van der Waals surface area (Å²) in [6, 6.07) is 13.1. The topological polar surface area (TPSA) is 110 Å². The summed E-state index contributed by atoms with van der Waals surface area (Å²) < 4.78 is 105. The van der Waals surface area contributed by atoms with Crippen molar-refractivity contribution in [3.05, 3.63) is 83.9 Å². The number of hydrogen-bond acceptors (Lipinski definition) is 5. The molecule has 0 fully saturated rings. The van der Waals surface area contributed by atoms with Gasteiger partial charge in [-0.15, -0.1) is 0 Å². The lowest BCUT2D eigenvalue weighted by Gasteiger charge is -2.23. The van der Waals surface area contributed by atoms with Gasteiger partial charge in [-0.05, 0) is 60.7 Å². The van der Waals surface area contributed by atoms with E-state index in [4.69, 9.17) is 15.6 Å². The second-order valence-corrected chi connectivity index (χ2v) is 9.11. The number of nitrogen functional groups attached to an aromatic ring is 1. The van der Waals surface area contributed by atoms with Gasteiger partial charge in [0.1, 0.15) is 12.3 Å². The number of sulfonamides is 1. The largest absolute Gasteiger partial charge is 0.497 e. The molecule has 0 amide bonds. The number of carboxylic acid groups (broad SMARTS) is 1. The molecular formula is C23H20F6N2O5S. The number of aliphatic carboxylic acids is 1. The van der Waals surface area contributed by atoms with E-state index >= 15 is 0 Å². The van der Waals surface area contributed by atoms with E-state index in [0.717, 1.165) is 30.3 Å². The average Bonchev–Trinajstić information content (AvgIpc) is 2.82. The van der Waals surface area contributed by atoms with E-state index in [1.54, 1.807) is 0 Å². The maximum atomic E-state index is 12.9. The van der Waals surface area contributed by atoms with Crippen molar-refractivity contribution in [3.8, 4) is 5.75 Å². The van der Waals surface area contributed by atoms with E-state index in [-0.39, 0.29) is 10.6 Å². The zero-order chi connectivity index (χ0) is 28.0. The van der Waals surface area contributed by atoms with Gasteiger partial charge in [-0.2, -0.15) is 26.3 Å². The van der Waals surface area contributed by atoms with E-state index in [9.17, 15) is 39.6 Å². The minimum atomic E-state index is -4.70. The molecule has 0 saturated heterocycles. The number of hydrogen-bond donors (Lipinski definition) is 2. The molecule has 0 heterocycles. The third-order valence-corrected chi connectivity index (χ3v) is 6.39. The van der Waals surface area contributed by atoms with E-state index in [0.29, 0.717) is 16.1 Å². The molecule has 0 radical (unpaired) electrons. The molecule has 0 bridgehead atoms. The highest BCUT2D eigenvalue weighted by atomic mass is 32.2. The summed E-state index contributed by atoms with van der Waals surface area (Å²) in [5, 5.41) is 9.02. The third kappa shape index (κ3) is 8.03. The quantitative estimate of drug-likeness (QED) is 0.319. The van der Waals surface area contributed by atoms with Crippen LogP contribution in [-0.4, -0.2) is 33.1 Å². The van der Waals surface area contributed by atoms with Crippen molar-refractivity contribution in [1.29, 1.82) is 0 Å². The van der Waals surface area contributed by atoms with Crippen molar-refractivity contribution in [2.24, 2.45) is 0 Å². The Morgan fingerprint density at radius 2 is 1.41 bits per heavy atom. The van der Waals surface area contributed by atoms with Crippen LogP contribution in [0.15, 0.2) is 77.7 Å². The first kappa shape index (κ1) is 29.3. The second kappa shape index (κ2) is 11.4. The predicted octanol–water partition coefficient (Wildman–Crippen LogP) is 5.28. The third-order valence-electron chi connectivity index (χ3n) is 4.60. The number of alkyl halides is 6. The molecule has 3 aromatic rings. The fraction of sp³-hybridized carbons (Fsp3) is 0.174. The number of halogens is 6. The molecule has 0 aromatic heterocycles. The molecule has 0 atom stereocenters. The van der Waals surface area contributed by atoms with Gasteiger partial charge in [0.2, 0.25) is 0 Å². The molecule has 0 aliphatic rings. The lowest BCUT2D eigenvalue weighted by atomic mass is 10.2. The van der Waals surface area contributed by atoms with Crippen LogP contribution in [0.3, 0.4) is 0 Å². The average molecular weight is 550 g/mol. The number of nitrogens with zero attached hydrogens (tertiary/aromatic N) is 1. The Balaban J connectivity index is 0.000000364. The van der Waals surface area contributed by atoms with Gasteiger partial charge in [-0.1, -0.05) is 12.1 Å². The fourth-order valence-electron chi connectivity index (χ4n) is 2.87. The molecule has 0 spiro atoms. The Bertz CT molecular complexity index is 1330. The van der Waals surface area contributed by atoms with Gasteiger partial charge in [-0.3, -0.25) is 9.10 Å². The van der Waals surface area contributed by atoms with Crippen molar-refractivity contribution in [1.82, 2.24) is 0 Å². The van der Waals surface area contributed by atoms with Gasteiger partial charge in [0, 0.05) is 5.69 Å². The number of rotatable bonds is 6. The van der Waals surface area contributed by atoms with E-state index in [1.165, 1.54) is 43.5 Å². The van der Waals surface area contributed by atoms with Crippen molar-refractivity contribution in [3.63, 3.8) is 0 Å². The normalized spacial score (nSPS) is 11.8. The monoisotopic (exact) mass is 550 g/mol. The van der Waals surface area contributed by atoms with Crippen molar-refractivity contribution in [2.75, 3.05) is 23.7 Å². The molecule has 37 heavy (non-hydrogen) atoms. The highest BCUT2D eigenvalue weighted by molar-refractivity contribution is 7.92. The van der Waals surface area contributed by atoms with Crippen LogP contribution < -0.4 is 14.8 Å². The number of ether oxygens (including phenoxy) is 1. The molecule has 3 rings (SSSR count). The van der Waals surface area contributed by atoms with Crippen LogP contribution in [0.1, 0.15) is 11.1 Å². The van der Waals surface area contributed by atoms with E-state index in [2.05, 4.69) is 0 Å². The van der Waals surface area contributed by atoms with Crippen LogP contribution in [-0.2, 0) is 27.2 Å². The van der Waals surface area contributed by atoms with Gasteiger partial charge in [-0.25, -0.2) is 8.42 Å². The molecule has 0 saturated carbocycles. The second-order valence-electron chi connectivity index (χ2n) is 7.25. The lowest BCUT2D eigenvalue weighted by Crippen LogP contribution is -2.35. The first-order chi connectivity index (χ1) is 17.1. The maximum absolute atomic E-state index is 12.9. The SMILES string of the molecule is COc1ccc(S(=O)(=O)N(CC(=O)O)c2cccc(C(F)(F)F)c2)cc1.Nc1cccc(C(F)(F)F)c1. The van der Waals surface area contributed by atoms with Crippen molar-refractivity contribution in [2.45, 2.75) is 17.2 Å². The smallest absolute Gasteiger partial charge is 0.416 e. The number of carboxylic acids is 1. The number of benzene rings is 3. The summed E-state index contributed by atoms with van der Waals surface area (Å²) in [6.45, 7) is -1.03. The van der Waals surface area contributed by atoms with Gasteiger partial charge in [0.15, 0.2) is 0 Å². The molecule has 0 unspecified atom stereocenters. The Labute approximate surface area is 207 Å². The highest BCUT2D eigenvalue weighted by Crippen LogP contribution is 2.33. The Morgan fingerprint density at radius 1 is 0.892 bits per heavy atom. The Hall–Kier alpha value is -3.94. The van der Waals surface area contributed by atoms with Gasteiger partial charge in [0.05, 0.1) is 28.8 Å². The summed E-state index contributed by atoms with van der Waals surface area (Å²) in [5.74, 6) is -1.15. The van der Waals surface area contributed by atoms with Crippen LogP contribution in [0.2, 0.25) is 0 Å². The van der Waals surface area contributed by atoms with Gasteiger partial charge >= 0.3 is 18.3 Å². The molecule has 7 nitrogen and oxygen atoms in total. The Morgan fingerprint density at radius 3 is 1.84 bits per heavy atom. The first-order valence-corrected chi connectivity index (χ1v) is 11.5. The van der Waals surface area contributed by atoms with Crippen molar-refractivity contribution < 1.29 is 49.4 Å². The summed E-state index contributed by atoms with van der Waals surface area (Å²) in [6.07, 6.45) is -9.00. The van der Waals surface area contributed by atoms with Crippen LogP contribution in [0, 0.1) is 0 Å². The minimum absolute atomic E-state index is 0.125. The number of methoxy groups -OCH3 is 1. The van der Waals surface area contributed by atoms with E-state index < -0.39 is 51.7 Å². The number of anilines is 2. The van der Waals surface area contributed by atoms with E-state index in [1.807, 2.05) is 0 Å². The zero-order valence-corrected chi connectivity index (χ0v) is 19.7. The van der Waals surface area contributed by atoms with Gasteiger partial charge < -0.3 is 15.6 Å². The molecular weight excluding hydrogens is 530 g/mol. The number of carbonyl (C=O) groups is 1. The summed E-state index contributed by atoms with van der Waals surface area (Å²) in [5.41, 5.74) is 3.08. The predicted molar refractivity (Wildman–Crippen MR) is 122 cm³/mol. The standard InChI is InChI=1S/C16H14F3NO5S.C7H6F3N/c1-25-13-5-7-14(8-6-13)26(23,24)20(10-15(21)22)12-4-2-3-11(9-12)16(17,18)19;8-7(9,10)5-2-1-3-6(11)4-5/h2-9H,10H2,1H3,(H,21,22);1-4H,11H2. The zero-order valence-electron chi connectivity index (χ0n) is 18.9. The molecule has 0 aliphatic heterocycles. The molecule has 3 N–H and O–H groups in total. The number of nitrogens with two attached hydrogens (primary N) is 1. The Kier molecular flexibility index (Phi) is 9.03. The highest BCUT2D eigenvalue weighted by Gasteiger charge is 2.33. The maximum Gasteiger partial charge on any atom is 0.416 e. The summed E-state index contributed by atoms with van der Waals surface area (Å²) in [4.78, 5) is 10.8. The molecule has 0 aliphatic carbocycles. The summed E-state index contributed by atoms with van der Waals surface area (Å²) in [7, 11) is -3.03.